The van der Waals surface area contributed by atoms with E-state index < -0.39 is 0 Å². The van der Waals surface area contributed by atoms with Gasteiger partial charge in [-0.25, -0.2) is 0 Å². The van der Waals surface area contributed by atoms with Crippen molar-refractivity contribution in [3.05, 3.63) is 59.2 Å². The summed E-state index contributed by atoms with van der Waals surface area (Å²) in [6.45, 7) is 7.93. The first-order valence-electron chi connectivity index (χ1n) is 10.6. The third-order valence-corrected chi connectivity index (χ3v) is 5.06. The van der Waals surface area contributed by atoms with E-state index in [0.29, 0.717) is 23.4 Å². The Labute approximate surface area is 186 Å². The van der Waals surface area contributed by atoms with Gasteiger partial charge in [0.15, 0.2) is 0 Å². The maximum Gasteiger partial charge on any atom is 0.255 e. The van der Waals surface area contributed by atoms with Gasteiger partial charge in [0, 0.05) is 37.6 Å². The van der Waals surface area contributed by atoms with Gasteiger partial charge in [0.05, 0.1) is 5.56 Å². The summed E-state index contributed by atoms with van der Waals surface area (Å²) in [7, 11) is 7.81. The van der Waals surface area contributed by atoms with E-state index in [4.69, 9.17) is 0 Å². The molecule has 2 aromatic rings. The topological polar surface area (TPSA) is 64.7 Å². The summed E-state index contributed by atoms with van der Waals surface area (Å²) < 4.78 is 0. The molecule has 0 aromatic heterocycles. The van der Waals surface area contributed by atoms with E-state index in [0.717, 1.165) is 18.7 Å². The molecule has 2 rings (SSSR count). The number of nitrogens with one attached hydrogen (secondary N) is 2. The van der Waals surface area contributed by atoms with Crippen LogP contribution >= 0.6 is 0 Å². The second-order valence-corrected chi connectivity index (χ2v) is 9.32. The maximum atomic E-state index is 12.8. The van der Waals surface area contributed by atoms with Crippen LogP contribution in [-0.4, -0.2) is 58.0 Å². The van der Waals surface area contributed by atoms with Crippen LogP contribution in [0.4, 0.5) is 11.4 Å². The number of benzene rings is 2. The first-order valence-corrected chi connectivity index (χ1v) is 10.6. The fourth-order valence-electron chi connectivity index (χ4n) is 3.20. The zero-order valence-corrected chi connectivity index (χ0v) is 19.9. The van der Waals surface area contributed by atoms with Crippen LogP contribution in [0, 0.1) is 0 Å². The summed E-state index contributed by atoms with van der Waals surface area (Å²) in [6.07, 6.45) is 0.872. The van der Waals surface area contributed by atoms with Gasteiger partial charge in [-0.2, -0.15) is 0 Å². The maximum absolute atomic E-state index is 12.8. The lowest BCUT2D eigenvalue weighted by atomic mass is 9.87. The zero-order chi connectivity index (χ0) is 23.2. The smallest absolute Gasteiger partial charge is 0.255 e. The first-order chi connectivity index (χ1) is 14.5. The Balaban J connectivity index is 2.15. The molecule has 0 radical (unpaired) electrons. The number of rotatable bonds is 8. The largest absolute Gasteiger partial charge is 0.377 e. The van der Waals surface area contributed by atoms with Crippen molar-refractivity contribution in [3.8, 4) is 0 Å². The third-order valence-electron chi connectivity index (χ3n) is 5.06. The Morgan fingerprint density at radius 1 is 0.903 bits per heavy atom. The van der Waals surface area contributed by atoms with Crippen LogP contribution in [0.15, 0.2) is 42.5 Å². The van der Waals surface area contributed by atoms with E-state index >= 15 is 0 Å². The zero-order valence-electron chi connectivity index (χ0n) is 19.9. The first kappa shape index (κ1) is 24.4. The molecule has 2 N–H and O–H groups in total. The molecular weight excluding hydrogens is 388 g/mol. The van der Waals surface area contributed by atoms with E-state index in [1.807, 2.05) is 69.5 Å². The average Bonchev–Trinajstić information content (AvgIpc) is 2.70. The number of amides is 2. The monoisotopic (exact) mass is 424 g/mol. The van der Waals surface area contributed by atoms with E-state index in [9.17, 15) is 9.59 Å². The van der Waals surface area contributed by atoms with Gasteiger partial charge in [-0.1, -0.05) is 32.9 Å². The molecule has 2 aromatic carbocycles. The van der Waals surface area contributed by atoms with Crippen molar-refractivity contribution in [3.63, 3.8) is 0 Å². The summed E-state index contributed by atoms with van der Waals surface area (Å²) in [5.41, 5.74) is 3.72. The average molecular weight is 425 g/mol. The van der Waals surface area contributed by atoms with E-state index in [-0.39, 0.29) is 17.2 Å². The normalized spacial score (nSPS) is 11.4. The summed E-state index contributed by atoms with van der Waals surface area (Å²) >= 11 is 0. The minimum Gasteiger partial charge on any atom is -0.377 e. The number of carbonyl (C=O) groups is 2. The fourth-order valence-corrected chi connectivity index (χ4v) is 3.20. The lowest BCUT2D eigenvalue weighted by molar-refractivity contribution is 0.0951. The van der Waals surface area contributed by atoms with Crippen LogP contribution in [0.5, 0.6) is 0 Å². The lowest BCUT2D eigenvalue weighted by Crippen LogP contribution is -2.28. The van der Waals surface area contributed by atoms with Crippen molar-refractivity contribution in [1.29, 1.82) is 0 Å². The van der Waals surface area contributed by atoms with Gasteiger partial charge in [-0.3, -0.25) is 9.59 Å². The molecule has 0 aliphatic carbocycles. The van der Waals surface area contributed by atoms with E-state index in [1.54, 1.807) is 6.07 Å². The highest BCUT2D eigenvalue weighted by atomic mass is 16.2. The van der Waals surface area contributed by atoms with Crippen LogP contribution in [-0.2, 0) is 5.41 Å². The summed E-state index contributed by atoms with van der Waals surface area (Å²) in [5.74, 6) is -0.344. The second kappa shape index (κ2) is 10.4. The van der Waals surface area contributed by atoms with Crippen molar-refractivity contribution < 1.29 is 9.59 Å². The van der Waals surface area contributed by atoms with Gasteiger partial charge < -0.3 is 20.4 Å². The molecule has 0 unspecified atom stereocenters. The minimum atomic E-state index is -0.199. The molecule has 0 saturated carbocycles. The Hall–Kier alpha value is -2.86. The number of hydrogen-bond acceptors (Lipinski definition) is 4. The summed E-state index contributed by atoms with van der Waals surface area (Å²) in [4.78, 5) is 29.5. The lowest BCUT2D eigenvalue weighted by Gasteiger charge is -2.20. The highest BCUT2D eigenvalue weighted by Gasteiger charge is 2.17. The highest BCUT2D eigenvalue weighted by Crippen LogP contribution is 2.25. The molecule has 0 atom stereocenters. The second-order valence-electron chi connectivity index (χ2n) is 9.32. The van der Waals surface area contributed by atoms with E-state index in [1.165, 1.54) is 5.56 Å². The fraction of sp³-hybridized carbons (Fsp3) is 0.440. The Bertz CT molecular complexity index is 897. The summed E-state index contributed by atoms with van der Waals surface area (Å²) in [5, 5.41) is 5.89. The quantitative estimate of drug-likeness (QED) is 0.629. The van der Waals surface area contributed by atoms with Gasteiger partial charge in [0.25, 0.3) is 11.8 Å². The molecule has 0 spiro atoms. The molecule has 168 valence electrons. The predicted molar refractivity (Wildman–Crippen MR) is 129 cm³/mol. The molecule has 2 amide bonds. The predicted octanol–water partition coefficient (Wildman–Crippen LogP) is 3.98. The number of hydrogen-bond donors (Lipinski definition) is 2. The van der Waals surface area contributed by atoms with Gasteiger partial charge in [-0.05, 0) is 68.4 Å². The van der Waals surface area contributed by atoms with Crippen molar-refractivity contribution in [2.75, 3.05) is 51.5 Å². The van der Waals surface area contributed by atoms with Gasteiger partial charge in [-0.15, -0.1) is 0 Å². The Morgan fingerprint density at radius 2 is 1.55 bits per heavy atom. The van der Waals surface area contributed by atoms with Crippen molar-refractivity contribution in [1.82, 2.24) is 10.2 Å². The van der Waals surface area contributed by atoms with Gasteiger partial charge >= 0.3 is 0 Å². The van der Waals surface area contributed by atoms with Crippen LogP contribution in [0.3, 0.4) is 0 Å². The Kier molecular flexibility index (Phi) is 8.22. The van der Waals surface area contributed by atoms with Gasteiger partial charge in [0.2, 0.25) is 0 Å². The molecule has 0 heterocycles. The molecule has 31 heavy (non-hydrogen) atoms. The molecule has 0 saturated heterocycles. The van der Waals surface area contributed by atoms with Crippen molar-refractivity contribution in [2.24, 2.45) is 0 Å². The summed E-state index contributed by atoms with van der Waals surface area (Å²) in [6, 6.07) is 13.0. The van der Waals surface area contributed by atoms with Crippen molar-refractivity contribution in [2.45, 2.75) is 32.6 Å². The van der Waals surface area contributed by atoms with Gasteiger partial charge in [0.1, 0.15) is 0 Å². The molecule has 0 aliphatic rings. The van der Waals surface area contributed by atoms with E-state index in [2.05, 4.69) is 36.3 Å². The number of carbonyl (C=O) groups excluding carboxylic acids is 2. The minimum absolute atomic E-state index is 0.0336. The van der Waals surface area contributed by atoms with Crippen LogP contribution in [0.25, 0.3) is 0 Å². The molecule has 0 fully saturated rings. The SMILES string of the molecule is CN(C)CCCNC(=O)c1cc(NC(=O)c2ccc(C(C)(C)C)cc2)ccc1N(C)C. The molecule has 6 heteroatoms. The van der Waals surface area contributed by atoms with Crippen LogP contribution < -0.4 is 15.5 Å². The number of anilines is 2. The third kappa shape index (κ3) is 7.10. The number of nitrogens with zero attached hydrogens (tertiary/aromatic N) is 2. The Morgan fingerprint density at radius 3 is 2.10 bits per heavy atom. The van der Waals surface area contributed by atoms with Crippen molar-refractivity contribution >= 4 is 23.2 Å². The van der Waals surface area contributed by atoms with Crippen LogP contribution in [0.1, 0.15) is 53.5 Å². The molecular formula is C25H36N4O2. The van der Waals surface area contributed by atoms with Crippen LogP contribution in [0.2, 0.25) is 0 Å². The standard InChI is InChI=1S/C25H36N4O2/c1-25(2,3)19-11-9-18(10-12-19)23(30)27-20-13-14-22(29(6)7)21(17-20)24(31)26-15-8-16-28(4)5/h9-14,17H,8,15-16H2,1-7H3,(H,26,31)(H,27,30). The molecule has 0 aliphatic heterocycles. The highest BCUT2D eigenvalue weighted by molar-refractivity contribution is 6.06. The molecule has 6 nitrogen and oxygen atoms in total. The molecule has 0 bridgehead atoms.